The molecule has 168 valence electrons. The maximum absolute atomic E-state index is 13.8. The highest BCUT2D eigenvalue weighted by molar-refractivity contribution is 5.87. The van der Waals surface area contributed by atoms with Gasteiger partial charge in [0.25, 0.3) is 0 Å². The lowest BCUT2D eigenvalue weighted by molar-refractivity contribution is 0.131. The number of pyridine rings is 1. The minimum atomic E-state index is -0.393. The number of nitriles is 1. The molecular formula is C28H27FN2O2. The first-order chi connectivity index (χ1) is 15.8. The molecule has 0 radical (unpaired) electrons. The standard InChI is InChI=1S/C28H27FN2O2/c1-18(2)24-22(8-5-13-30)25(20-9-11-21(29)12-10-20)27(26-23(24)15-28(3,4)33-26)32-17-19-7-6-14-31-16-19/h5-12,14,16,18H,15,17H2,1-4H3/b8-5+. The van der Waals surface area contributed by atoms with Crippen LogP contribution in [0.3, 0.4) is 0 Å². The Bertz CT molecular complexity index is 1220. The Labute approximate surface area is 194 Å². The molecule has 0 unspecified atom stereocenters. The van der Waals surface area contributed by atoms with E-state index in [1.807, 2.05) is 18.2 Å². The van der Waals surface area contributed by atoms with E-state index in [9.17, 15) is 9.65 Å². The number of hydrogen-bond donors (Lipinski definition) is 0. The van der Waals surface area contributed by atoms with Gasteiger partial charge >= 0.3 is 0 Å². The molecule has 2 heterocycles. The van der Waals surface area contributed by atoms with E-state index < -0.39 is 5.60 Å². The second-order valence-corrected chi connectivity index (χ2v) is 9.15. The topological polar surface area (TPSA) is 55.1 Å². The van der Waals surface area contributed by atoms with Crippen LogP contribution < -0.4 is 9.47 Å². The zero-order valence-electron chi connectivity index (χ0n) is 19.4. The van der Waals surface area contributed by atoms with E-state index in [2.05, 4.69) is 38.7 Å². The molecule has 4 rings (SSSR count). The third-order valence-electron chi connectivity index (χ3n) is 5.71. The average Bonchev–Trinajstić information content (AvgIpc) is 3.11. The van der Waals surface area contributed by atoms with Crippen molar-refractivity contribution in [1.82, 2.24) is 4.98 Å². The van der Waals surface area contributed by atoms with Crippen LogP contribution in [-0.4, -0.2) is 10.6 Å². The minimum Gasteiger partial charge on any atom is -0.484 e. The molecule has 5 heteroatoms. The Morgan fingerprint density at radius 1 is 1.24 bits per heavy atom. The Morgan fingerprint density at radius 3 is 2.64 bits per heavy atom. The molecule has 0 saturated heterocycles. The number of ether oxygens (including phenoxy) is 2. The fraction of sp³-hybridized carbons (Fsp3) is 0.286. The van der Waals surface area contributed by atoms with E-state index in [0.717, 1.165) is 45.6 Å². The van der Waals surface area contributed by atoms with Gasteiger partial charge in [0.1, 0.15) is 18.0 Å². The highest BCUT2D eigenvalue weighted by atomic mass is 19.1. The third-order valence-corrected chi connectivity index (χ3v) is 5.71. The van der Waals surface area contributed by atoms with Crippen LogP contribution in [0.25, 0.3) is 17.2 Å². The molecule has 3 aromatic rings. The zero-order chi connectivity index (χ0) is 23.6. The van der Waals surface area contributed by atoms with Crippen molar-refractivity contribution in [3.8, 4) is 28.7 Å². The fourth-order valence-electron chi connectivity index (χ4n) is 4.45. The SMILES string of the molecule is CC(C)c1c(/C=C/C#N)c(-c2ccc(F)cc2)c(OCc2cccnc2)c2c1CC(C)(C)O2. The lowest BCUT2D eigenvalue weighted by Crippen LogP contribution is -2.25. The van der Waals surface area contributed by atoms with Gasteiger partial charge in [-0.1, -0.05) is 32.0 Å². The quantitative estimate of drug-likeness (QED) is 0.392. The Morgan fingerprint density at radius 2 is 2.00 bits per heavy atom. The number of nitrogens with zero attached hydrogens (tertiary/aromatic N) is 2. The number of allylic oxidation sites excluding steroid dienone is 1. The molecule has 0 spiro atoms. The molecular weight excluding hydrogens is 415 g/mol. The van der Waals surface area contributed by atoms with Gasteiger partial charge in [-0.3, -0.25) is 4.98 Å². The maximum atomic E-state index is 13.8. The van der Waals surface area contributed by atoms with Crippen molar-refractivity contribution in [3.63, 3.8) is 0 Å². The largest absolute Gasteiger partial charge is 0.484 e. The smallest absolute Gasteiger partial charge is 0.170 e. The van der Waals surface area contributed by atoms with Gasteiger partial charge < -0.3 is 9.47 Å². The molecule has 2 aromatic carbocycles. The number of rotatable bonds is 6. The fourth-order valence-corrected chi connectivity index (χ4v) is 4.45. The molecule has 0 aliphatic carbocycles. The van der Waals surface area contributed by atoms with Crippen molar-refractivity contribution >= 4 is 6.08 Å². The van der Waals surface area contributed by atoms with Gasteiger partial charge in [-0.15, -0.1) is 0 Å². The first-order valence-corrected chi connectivity index (χ1v) is 11.1. The number of fused-ring (bicyclic) bond motifs is 1. The van der Waals surface area contributed by atoms with E-state index in [1.54, 1.807) is 24.5 Å². The second-order valence-electron chi connectivity index (χ2n) is 9.15. The van der Waals surface area contributed by atoms with Gasteiger partial charge in [0, 0.05) is 41.6 Å². The Kier molecular flexibility index (Phi) is 6.20. The van der Waals surface area contributed by atoms with Crippen LogP contribution in [0, 0.1) is 17.1 Å². The van der Waals surface area contributed by atoms with Crippen LogP contribution in [0.2, 0.25) is 0 Å². The van der Waals surface area contributed by atoms with Crippen LogP contribution in [-0.2, 0) is 13.0 Å². The molecule has 0 bridgehead atoms. The van der Waals surface area contributed by atoms with E-state index in [-0.39, 0.29) is 11.7 Å². The van der Waals surface area contributed by atoms with Crippen molar-refractivity contribution in [2.75, 3.05) is 0 Å². The summed E-state index contributed by atoms with van der Waals surface area (Å²) in [5.41, 5.74) is 5.25. The average molecular weight is 443 g/mol. The summed E-state index contributed by atoms with van der Waals surface area (Å²) in [6, 6.07) is 12.3. The van der Waals surface area contributed by atoms with E-state index in [1.165, 1.54) is 18.2 Å². The lowest BCUT2D eigenvalue weighted by atomic mass is 9.83. The number of halogens is 1. The summed E-state index contributed by atoms with van der Waals surface area (Å²) in [7, 11) is 0. The van der Waals surface area contributed by atoms with Gasteiger partial charge in [0.15, 0.2) is 11.5 Å². The first-order valence-electron chi connectivity index (χ1n) is 11.1. The molecule has 4 nitrogen and oxygen atoms in total. The third kappa shape index (κ3) is 4.61. The van der Waals surface area contributed by atoms with Crippen molar-refractivity contribution in [2.45, 2.75) is 52.2 Å². The van der Waals surface area contributed by atoms with E-state index in [4.69, 9.17) is 9.47 Å². The molecule has 0 fully saturated rings. The number of hydrogen-bond acceptors (Lipinski definition) is 4. The maximum Gasteiger partial charge on any atom is 0.170 e. The summed E-state index contributed by atoms with van der Waals surface area (Å²) in [5, 5.41) is 9.30. The second kappa shape index (κ2) is 9.07. The van der Waals surface area contributed by atoms with Gasteiger partial charge in [-0.05, 0) is 60.7 Å². The number of aromatic nitrogens is 1. The Hall–Kier alpha value is -3.65. The summed E-state index contributed by atoms with van der Waals surface area (Å²) in [6.45, 7) is 8.69. The molecule has 1 aliphatic heterocycles. The molecule has 1 aromatic heterocycles. The van der Waals surface area contributed by atoms with Crippen LogP contribution in [0.5, 0.6) is 11.5 Å². The first kappa shape index (κ1) is 22.5. The van der Waals surface area contributed by atoms with Gasteiger partial charge in [-0.25, -0.2) is 4.39 Å². The summed E-state index contributed by atoms with van der Waals surface area (Å²) >= 11 is 0. The Balaban J connectivity index is 2.01. The van der Waals surface area contributed by atoms with Crippen molar-refractivity contribution in [1.29, 1.82) is 5.26 Å². The van der Waals surface area contributed by atoms with Crippen molar-refractivity contribution in [3.05, 3.63) is 82.9 Å². The minimum absolute atomic E-state index is 0.182. The molecule has 1 aliphatic rings. The van der Waals surface area contributed by atoms with Crippen LogP contribution in [0.1, 0.15) is 55.9 Å². The predicted molar refractivity (Wildman–Crippen MR) is 128 cm³/mol. The van der Waals surface area contributed by atoms with Crippen molar-refractivity contribution in [2.24, 2.45) is 0 Å². The molecule has 0 N–H and O–H groups in total. The molecule has 33 heavy (non-hydrogen) atoms. The predicted octanol–water partition coefficient (Wildman–Crippen LogP) is 6.84. The monoisotopic (exact) mass is 442 g/mol. The zero-order valence-corrected chi connectivity index (χ0v) is 19.4. The summed E-state index contributed by atoms with van der Waals surface area (Å²) in [6.07, 6.45) is 7.53. The molecule has 0 amide bonds. The van der Waals surface area contributed by atoms with Crippen LogP contribution in [0.15, 0.2) is 54.9 Å². The highest BCUT2D eigenvalue weighted by Crippen LogP contribution is 2.53. The summed E-state index contributed by atoms with van der Waals surface area (Å²) in [5.74, 6) is 1.20. The summed E-state index contributed by atoms with van der Waals surface area (Å²) in [4.78, 5) is 4.18. The lowest BCUT2D eigenvalue weighted by Gasteiger charge is -2.24. The van der Waals surface area contributed by atoms with Gasteiger partial charge in [-0.2, -0.15) is 5.26 Å². The van der Waals surface area contributed by atoms with E-state index in [0.29, 0.717) is 12.4 Å². The highest BCUT2D eigenvalue weighted by Gasteiger charge is 2.38. The van der Waals surface area contributed by atoms with Gasteiger partial charge in [0.05, 0.1) is 6.07 Å². The number of benzene rings is 2. The van der Waals surface area contributed by atoms with Crippen molar-refractivity contribution < 1.29 is 13.9 Å². The summed E-state index contributed by atoms with van der Waals surface area (Å²) < 4.78 is 26.7. The van der Waals surface area contributed by atoms with Gasteiger partial charge in [0.2, 0.25) is 0 Å². The molecule has 0 saturated carbocycles. The normalized spacial score (nSPS) is 14.2. The molecule has 0 atom stereocenters. The van der Waals surface area contributed by atoms with Crippen LogP contribution >= 0.6 is 0 Å². The van der Waals surface area contributed by atoms with Crippen LogP contribution in [0.4, 0.5) is 4.39 Å². The van der Waals surface area contributed by atoms with E-state index >= 15 is 0 Å².